The second-order valence-corrected chi connectivity index (χ2v) is 7.22. The van der Waals surface area contributed by atoms with Crippen LogP contribution in [-0.4, -0.2) is 12.7 Å². The van der Waals surface area contributed by atoms with Crippen LogP contribution in [0.3, 0.4) is 0 Å². The number of benzene rings is 2. The fourth-order valence-corrected chi connectivity index (χ4v) is 3.51. The van der Waals surface area contributed by atoms with Gasteiger partial charge in [0.05, 0.1) is 6.10 Å². The highest BCUT2D eigenvalue weighted by atomic mass is 16.5. The Bertz CT molecular complexity index is 588. The predicted molar refractivity (Wildman–Crippen MR) is 118 cm³/mol. The largest absolute Gasteiger partial charge is 0.374 e. The van der Waals surface area contributed by atoms with Crippen LogP contribution in [0.15, 0.2) is 66.7 Å². The van der Waals surface area contributed by atoms with E-state index in [0.717, 1.165) is 13.0 Å². The van der Waals surface area contributed by atoms with Gasteiger partial charge in [0.25, 0.3) is 0 Å². The molecule has 1 unspecified atom stereocenters. The lowest BCUT2D eigenvalue weighted by molar-refractivity contribution is 0.0886. The zero-order chi connectivity index (χ0) is 19.2. The minimum Gasteiger partial charge on any atom is -0.374 e. The first-order valence-electron chi connectivity index (χ1n) is 10.8. The summed E-state index contributed by atoms with van der Waals surface area (Å²) in [7, 11) is 0. The van der Waals surface area contributed by atoms with Crippen LogP contribution in [0.25, 0.3) is 5.57 Å². The van der Waals surface area contributed by atoms with Gasteiger partial charge in [-0.25, -0.2) is 0 Å². The summed E-state index contributed by atoms with van der Waals surface area (Å²) in [6.45, 7) is 5.13. The van der Waals surface area contributed by atoms with Crippen molar-refractivity contribution in [1.29, 1.82) is 0 Å². The second kappa shape index (κ2) is 13.3. The molecule has 0 saturated carbocycles. The Morgan fingerprint density at radius 2 is 1.26 bits per heavy atom. The van der Waals surface area contributed by atoms with Crippen LogP contribution in [0.4, 0.5) is 0 Å². The summed E-state index contributed by atoms with van der Waals surface area (Å²) in [5.41, 5.74) is 3.79. The van der Waals surface area contributed by atoms with Crippen molar-refractivity contribution in [2.75, 3.05) is 6.61 Å². The van der Waals surface area contributed by atoms with E-state index in [2.05, 4.69) is 80.6 Å². The van der Waals surface area contributed by atoms with Gasteiger partial charge in [0.2, 0.25) is 0 Å². The third kappa shape index (κ3) is 8.13. The van der Waals surface area contributed by atoms with Gasteiger partial charge < -0.3 is 4.74 Å². The summed E-state index contributed by atoms with van der Waals surface area (Å²) < 4.78 is 6.08. The van der Waals surface area contributed by atoms with Gasteiger partial charge >= 0.3 is 0 Å². The van der Waals surface area contributed by atoms with E-state index in [4.69, 9.17) is 4.74 Å². The van der Waals surface area contributed by atoms with Crippen molar-refractivity contribution in [2.45, 2.75) is 71.3 Å². The molecule has 0 bridgehead atoms. The summed E-state index contributed by atoms with van der Waals surface area (Å²) in [6, 6.07) is 21.3. The van der Waals surface area contributed by atoms with Crippen LogP contribution >= 0.6 is 0 Å². The molecular formula is C26H36O. The van der Waals surface area contributed by atoms with Crippen molar-refractivity contribution in [3.63, 3.8) is 0 Å². The van der Waals surface area contributed by atoms with Crippen molar-refractivity contribution < 1.29 is 4.74 Å². The first kappa shape index (κ1) is 21.4. The average molecular weight is 365 g/mol. The Balaban J connectivity index is 2.04. The van der Waals surface area contributed by atoms with Gasteiger partial charge in [-0.3, -0.25) is 0 Å². The maximum atomic E-state index is 6.08. The van der Waals surface area contributed by atoms with Crippen molar-refractivity contribution in [2.24, 2.45) is 0 Å². The molecule has 0 aliphatic rings. The number of rotatable bonds is 13. The highest BCUT2D eigenvalue weighted by molar-refractivity contribution is 5.80. The topological polar surface area (TPSA) is 9.23 Å². The van der Waals surface area contributed by atoms with Crippen LogP contribution < -0.4 is 0 Å². The van der Waals surface area contributed by atoms with Gasteiger partial charge in [-0.2, -0.15) is 0 Å². The molecule has 0 heterocycles. The van der Waals surface area contributed by atoms with E-state index in [1.807, 2.05) is 0 Å². The van der Waals surface area contributed by atoms with Gasteiger partial charge in [0, 0.05) is 6.61 Å². The average Bonchev–Trinajstić information content (AvgIpc) is 2.72. The molecule has 2 rings (SSSR count). The Hall–Kier alpha value is -1.86. The molecular weight excluding hydrogens is 328 g/mol. The van der Waals surface area contributed by atoms with Crippen LogP contribution in [0, 0.1) is 0 Å². The van der Waals surface area contributed by atoms with Gasteiger partial charge in [0.1, 0.15) is 0 Å². The normalized spacial score (nSPS) is 11.9. The summed E-state index contributed by atoms with van der Waals surface area (Å²) in [6.07, 6.45) is 13.0. The van der Waals surface area contributed by atoms with E-state index < -0.39 is 0 Å². The molecule has 0 amide bonds. The second-order valence-electron chi connectivity index (χ2n) is 7.22. The Labute approximate surface area is 166 Å². The molecule has 1 atom stereocenters. The van der Waals surface area contributed by atoms with Crippen molar-refractivity contribution in [1.82, 2.24) is 0 Å². The first-order valence-corrected chi connectivity index (χ1v) is 10.8. The molecule has 1 heteroatoms. The molecule has 146 valence electrons. The van der Waals surface area contributed by atoms with E-state index in [1.165, 1.54) is 61.6 Å². The Kier molecular flexibility index (Phi) is 10.6. The molecule has 27 heavy (non-hydrogen) atoms. The zero-order valence-electron chi connectivity index (χ0n) is 17.2. The monoisotopic (exact) mass is 364 g/mol. The summed E-state index contributed by atoms with van der Waals surface area (Å²) in [4.78, 5) is 0. The number of ether oxygens (including phenoxy) is 1. The molecule has 1 nitrogen and oxygen atoms in total. The molecule has 0 aliphatic carbocycles. The summed E-state index contributed by atoms with van der Waals surface area (Å²) in [5, 5.41) is 0. The molecule has 0 spiro atoms. The fraction of sp³-hybridized carbons (Fsp3) is 0.462. The summed E-state index contributed by atoms with van der Waals surface area (Å²) in [5.74, 6) is 0. The number of hydrogen-bond donors (Lipinski definition) is 0. The lowest BCUT2D eigenvalue weighted by atomic mass is 9.95. The maximum Gasteiger partial charge on any atom is 0.0764 e. The van der Waals surface area contributed by atoms with E-state index in [0.29, 0.717) is 0 Å². The van der Waals surface area contributed by atoms with E-state index in [-0.39, 0.29) is 6.10 Å². The van der Waals surface area contributed by atoms with Crippen molar-refractivity contribution in [3.05, 3.63) is 77.9 Å². The van der Waals surface area contributed by atoms with Crippen LogP contribution in [0.2, 0.25) is 0 Å². The SMILES string of the molecule is CCCCCCCCCC(C=C(c1ccccc1)c1ccccc1)OCC. The standard InChI is InChI=1S/C26H36O/c1-3-5-6-7-8-9-16-21-25(27-4-2)22-26(23-17-12-10-13-18-23)24-19-14-11-15-20-24/h10-15,17-20,22,25H,3-9,16,21H2,1-2H3. The van der Waals surface area contributed by atoms with Gasteiger partial charge in [-0.1, -0.05) is 113 Å². The highest BCUT2D eigenvalue weighted by Gasteiger charge is 2.10. The minimum atomic E-state index is 0.182. The number of hydrogen-bond acceptors (Lipinski definition) is 1. The predicted octanol–water partition coefficient (Wildman–Crippen LogP) is 7.66. The molecule has 2 aromatic rings. The Morgan fingerprint density at radius 1 is 0.741 bits per heavy atom. The van der Waals surface area contributed by atoms with E-state index in [1.54, 1.807) is 0 Å². The summed E-state index contributed by atoms with van der Waals surface area (Å²) >= 11 is 0. The van der Waals surface area contributed by atoms with Gasteiger partial charge in [0.15, 0.2) is 0 Å². The quantitative estimate of drug-likeness (QED) is 0.331. The van der Waals surface area contributed by atoms with Crippen LogP contribution in [0.5, 0.6) is 0 Å². The zero-order valence-corrected chi connectivity index (χ0v) is 17.2. The minimum absolute atomic E-state index is 0.182. The third-order valence-electron chi connectivity index (χ3n) is 5.00. The van der Waals surface area contributed by atoms with E-state index >= 15 is 0 Å². The highest BCUT2D eigenvalue weighted by Crippen LogP contribution is 2.25. The Morgan fingerprint density at radius 3 is 1.78 bits per heavy atom. The van der Waals surface area contributed by atoms with Gasteiger partial charge in [-0.15, -0.1) is 0 Å². The van der Waals surface area contributed by atoms with Crippen molar-refractivity contribution in [3.8, 4) is 0 Å². The third-order valence-corrected chi connectivity index (χ3v) is 5.00. The molecule has 0 N–H and O–H groups in total. The molecule has 0 aliphatic heterocycles. The molecule has 0 aromatic heterocycles. The van der Waals surface area contributed by atoms with Crippen LogP contribution in [-0.2, 0) is 4.74 Å². The lowest BCUT2D eigenvalue weighted by Crippen LogP contribution is -2.11. The smallest absolute Gasteiger partial charge is 0.0764 e. The molecule has 0 saturated heterocycles. The number of unbranched alkanes of at least 4 members (excludes halogenated alkanes) is 6. The lowest BCUT2D eigenvalue weighted by Gasteiger charge is -2.17. The fourth-order valence-electron chi connectivity index (χ4n) is 3.51. The molecule has 0 fully saturated rings. The maximum absolute atomic E-state index is 6.08. The van der Waals surface area contributed by atoms with Crippen molar-refractivity contribution >= 4 is 5.57 Å². The molecule has 0 radical (unpaired) electrons. The van der Waals surface area contributed by atoms with Gasteiger partial charge in [-0.05, 0) is 36.1 Å². The molecule has 2 aromatic carbocycles. The van der Waals surface area contributed by atoms with E-state index in [9.17, 15) is 0 Å². The van der Waals surface area contributed by atoms with Crippen LogP contribution in [0.1, 0.15) is 76.3 Å². The first-order chi connectivity index (χ1) is 13.3.